The smallest absolute Gasteiger partial charge is 0.340 e. The van der Waals surface area contributed by atoms with E-state index in [-0.39, 0.29) is 5.97 Å². The zero-order valence-electron chi connectivity index (χ0n) is 14.9. The van der Waals surface area contributed by atoms with Gasteiger partial charge in [0.25, 0.3) is 0 Å². The Morgan fingerprint density at radius 3 is 2.48 bits per heavy atom. The minimum Gasteiger partial charge on any atom is -0.465 e. The van der Waals surface area contributed by atoms with Crippen LogP contribution in [-0.4, -0.2) is 19.3 Å². The second-order valence-corrected chi connectivity index (χ2v) is 6.17. The average molecular weight is 317 g/mol. The number of unbranched alkanes of at least 4 members (excludes halogenated alkanes) is 6. The zero-order chi connectivity index (χ0) is 16.9. The molecule has 0 saturated carbocycles. The van der Waals surface area contributed by atoms with E-state index in [2.05, 4.69) is 18.8 Å². The molecular weight excluding hydrogens is 286 g/mol. The van der Waals surface area contributed by atoms with Crippen LogP contribution < -0.4 is 0 Å². The molecule has 0 amide bonds. The molecule has 0 spiro atoms. The zero-order valence-corrected chi connectivity index (χ0v) is 14.9. The lowest BCUT2D eigenvalue weighted by Gasteiger charge is -2.07. The van der Waals surface area contributed by atoms with Gasteiger partial charge in [-0.15, -0.1) is 0 Å². The molecule has 0 aromatic heterocycles. The molecule has 0 aliphatic heterocycles. The Labute approximate surface area is 141 Å². The molecule has 0 N–H and O–H groups in total. The van der Waals surface area contributed by atoms with E-state index in [0.29, 0.717) is 17.2 Å². The molecule has 0 aliphatic carbocycles. The van der Waals surface area contributed by atoms with Gasteiger partial charge >= 0.3 is 5.97 Å². The van der Waals surface area contributed by atoms with Gasteiger partial charge in [0, 0.05) is 6.21 Å². The summed E-state index contributed by atoms with van der Waals surface area (Å²) in [5, 5.41) is 0. The Kier molecular flexibility index (Phi) is 10.0. The number of hydrogen-bond acceptors (Lipinski definition) is 3. The number of rotatable bonds is 11. The Hall–Kier alpha value is -1.64. The fourth-order valence-electron chi connectivity index (χ4n) is 2.57. The SMILES string of the molecule is CCCCCCCCCC(C)/C=N/c1ccccc1C(=O)OC. The largest absolute Gasteiger partial charge is 0.465 e. The quantitative estimate of drug-likeness (QED) is 0.287. The fraction of sp³-hybridized carbons (Fsp3) is 0.600. The van der Waals surface area contributed by atoms with Crippen molar-refractivity contribution in [2.45, 2.75) is 65.2 Å². The second kappa shape index (κ2) is 11.9. The summed E-state index contributed by atoms with van der Waals surface area (Å²) in [5.41, 5.74) is 1.21. The maximum absolute atomic E-state index is 11.7. The van der Waals surface area contributed by atoms with E-state index in [9.17, 15) is 4.79 Å². The number of ether oxygens (including phenoxy) is 1. The van der Waals surface area contributed by atoms with Crippen molar-refractivity contribution in [1.82, 2.24) is 0 Å². The van der Waals surface area contributed by atoms with Gasteiger partial charge in [-0.05, 0) is 24.5 Å². The number of esters is 1. The van der Waals surface area contributed by atoms with Gasteiger partial charge in [-0.2, -0.15) is 0 Å². The van der Waals surface area contributed by atoms with E-state index in [4.69, 9.17) is 4.74 Å². The molecular formula is C20H31NO2. The highest BCUT2D eigenvalue weighted by molar-refractivity contribution is 5.95. The lowest BCUT2D eigenvalue weighted by Crippen LogP contribution is -2.02. The third-order valence-electron chi connectivity index (χ3n) is 4.04. The highest BCUT2D eigenvalue weighted by atomic mass is 16.5. The van der Waals surface area contributed by atoms with Gasteiger partial charge in [0.05, 0.1) is 18.4 Å². The molecule has 0 radical (unpaired) electrons. The molecule has 3 heteroatoms. The van der Waals surface area contributed by atoms with E-state index in [0.717, 1.165) is 6.42 Å². The molecule has 1 aromatic carbocycles. The Morgan fingerprint density at radius 2 is 1.78 bits per heavy atom. The number of hydrogen-bond donors (Lipinski definition) is 0. The molecule has 0 bridgehead atoms. The molecule has 0 aliphatic rings. The van der Waals surface area contributed by atoms with Crippen molar-refractivity contribution in [3.05, 3.63) is 29.8 Å². The molecule has 128 valence electrons. The first-order valence-electron chi connectivity index (χ1n) is 8.90. The van der Waals surface area contributed by atoms with Crippen LogP contribution in [0, 0.1) is 5.92 Å². The predicted molar refractivity (Wildman–Crippen MR) is 97.7 cm³/mol. The summed E-state index contributed by atoms with van der Waals surface area (Å²) in [7, 11) is 1.39. The number of para-hydroxylation sites is 1. The molecule has 1 unspecified atom stereocenters. The predicted octanol–water partition coefficient (Wildman–Crippen LogP) is 5.95. The number of carbonyl (C=O) groups excluding carboxylic acids is 1. The first kappa shape index (κ1) is 19.4. The van der Waals surface area contributed by atoms with Gasteiger partial charge in [0.15, 0.2) is 0 Å². The molecule has 3 nitrogen and oxygen atoms in total. The van der Waals surface area contributed by atoms with Gasteiger partial charge in [-0.25, -0.2) is 4.79 Å². The van der Waals surface area contributed by atoms with Crippen LogP contribution in [0.4, 0.5) is 5.69 Å². The van der Waals surface area contributed by atoms with E-state index < -0.39 is 0 Å². The van der Waals surface area contributed by atoms with E-state index in [1.54, 1.807) is 6.07 Å². The van der Waals surface area contributed by atoms with Crippen LogP contribution in [0.2, 0.25) is 0 Å². The number of carbonyl (C=O) groups is 1. The maximum atomic E-state index is 11.7. The van der Waals surface area contributed by atoms with Crippen molar-refractivity contribution in [2.24, 2.45) is 10.9 Å². The van der Waals surface area contributed by atoms with Gasteiger partial charge < -0.3 is 4.74 Å². The summed E-state index contributed by atoms with van der Waals surface area (Å²) in [6.45, 7) is 4.43. The van der Waals surface area contributed by atoms with Crippen LogP contribution in [0.5, 0.6) is 0 Å². The average Bonchev–Trinajstić information content (AvgIpc) is 2.58. The minimum atomic E-state index is -0.336. The highest BCUT2D eigenvalue weighted by Gasteiger charge is 2.09. The topological polar surface area (TPSA) is 38.7 Å². The number of methoxy groups -OCH3 is 1. The van der Waals surface area contributed by atoms with E-state index >= 15 is 0 Å². The van der Waals surface area contributed by atoms with Crippen LogP contribution >= 0.6 is 0 Å². The molecule has 1 atom stereocenters. The van der Waals surface area contributed by atoms with Crippen molar-refractivity contribution < 1.29 is 9.53 Å². The third kappa shape index (κ3) is 7.96. The van der Waals surface area contributed by atoms with Gasteiger partial charge in [-0.1, -0.05) is 70.9 Å². The van der Waals surface area contributed by atoms with E-state index in [1.807, 2.05) is 24.4 Å². The molecule has 23 heavy (non-hydrogen) atoms. The molecule has 0 heterocycles. The van der Waals surface area contributed by atoms with Crippen molar-refractivity contribution in [3.8, 4) is 0 Å². The summed E-state index contributed by atoms with van der Waals surface area (Å²) in [6, 6.07) is 7.32. The van der Waals surface area contributed by atoms with Crippen molar-refractivity contribution in [2.75, 3.05) is 7.11 Å². The summed E-state index contributed by atoms with van der Waals surface area (Å²) < 4.78 is 4.79. The lowest BCUT2D eigenvalue weighted by molar-refractivity contribution is 0.0601. The first-order valence-corrected chi connectivity index (χ1v) is 8.90. The summed E-state index contributed by atoms with van der Waals surface area (Å²) in [4.78, 5) is 16.2. The van der Waals surface area contributed by atoms with Crippen LogP contribution in [-0.2, 0) is 4.74 Å². The van der Waals surface area contributed by atoms with Crippen molar-refractivity contribution in [3.63, 3.8) is 0 Å². The number of aliphatic imine (C=N–C) groups is 1. The Bertz CT molecular complexity index is 482. The Morgan fingerprint density at radius 1 is 1.13 bits per heavy atom. The summed E-state index contributed by atoms with van der Waals surface area (Å²) >= 11 is 0. The molecule has 1 aromatic rings. The first-order chi connectivity index (χ1) is 11.2. The lowest BCUT2D eigenvalue weighted by atomic mass is 10.0. The molecule has 0 fully saturated rings. The van der Waals surface area contributed by atoms with Gasteiger partial charge in [0.1, 0.15) is 0 Å². The van der Waals surface area contributed by atoms with Gasteiger partial charge in [0.2, 0.25) is 0 Å². The third-order valence-corrected chi connectivity index (χ3v) is 4.04. The van der Waals surface area contributed by atoms with Gasteiger partial charge in [-0.3, -0.25) is 4.99 Å². The molecule has 0 saturated heterocycles. The fourth-order valence-corrected chi connectivity index (χ4v) is 2.57. The summed E-state index contributed by atoms with van der Waals surface area (Å²) in [5.74, 6) is 0.0915. The van der Waals surface area contributed by atoms with Crippen molar-refractivity contribution in [1.29, 1.82) is 0 Å². The minimum absolute atomic E-state index is 0.336. The monoisotopic (exact) mass is 317 g/mol. The van der Waals surface area contributed by atoms with Crippen LogP contribution in [0.3, 0.4) is 0 Å². The Balaban J connectivity index is 2.35. The van der Waals surface area contributed by atoms with E-state index in [1.165, 1.54) is 52.1 Å². The van der Waals surface area contributed by atoms with Crippen LogP contribution in [0.1, 0.15) is 75.6 Å². The van der Waals surface area contributed by atoms with Crippen molar-refractivity contribution >= 4 is 17.9 Å². The van der Waals surface area contributed by atoms with Crippen LogP contribution in [0.15, 0.2) is 29.3 Å². The standard InChI is InChI=1S/C20H31NO2/c1-4-5-6-7-8-9-10-13-17(2)16-21-19-15-12-11-14-18(19)20(22)23-3/h11-12,14-17H,4-10,13H2,1-3H3/b21-16+. The number of benzene rings is 1. The highest BCUT2D eigenvalue weighted by Crippen LogP contribution is 2.20. The number of nitrogens with zero attached hydrogens (tertiary/aromatic N) is 1. The summed E-state index contributed by atoms with van der Waals surface area (Å²) in [6.07, 6.45) is 12.4. The van der Waals surface area contributed by atoms with Crippen LogP contribution in [0.25, 0.3) is 0 Å². The maximum Gasteiger partial charge on any atom is 0.340 e. The molecule has 1 rings (SSSR count). The normalized spacial score (nSPS) is 12.5. The second-order valence-electron chi connectivity index (χ2n) is 6.17.